The van der Waals surface area contributed by atoms with Crippen molar-refractivity contribution in [1.82, 2.24) is 10.6 Å². The number of anilines is 1. The monoisotopic (exact) mass is 301 g/mol. The number of hydrogen-bond donors (Lipinski definition) is 2. The molecule has 3 aliphatic rings. The Kier molecular flexibility index (Phi) is 2.74. The third-order valence-electron chi connectivity index (χ3n) is 4.73. The topological polar surface area (TPSA) is 87.7 Å². The molecule has 0 saturated carbocycles. The highest BCUT2D eigenvalue weighted by Gasteiger charge is 2.60. The standard InChI is InChI=1S/C15H15N3O4/c19-12-15(13(20)17-14(21)16-12)7-9-3-1-2-4-10(9)18-5-6-22-8-11(15)18/h1-4,11H,5-8H2,(H2,16,17,19,20,21)/t11-/m1/s1. The van der Waals surface area contributed by atoms with E-state index in [0.29, 0.717) is 13.2 Å². The highest BCUT2D eigenvalue weighted by Crippen LogP contribution is 2.43. The Bertz CT molecular complexity index is 667. The Morgan fingerprint density at radius 3 is 2.64 bits per heavy atom. The van der Waals surface area contributed by atoms with Crippen molar-refractivity contribution in [3.05, 3.63) is 29.8 Å². The summed E-state index contributed by atoms with van der Waals surface area (Å²) in [4.78, 5) is 38.6. The van der Waals surface area contributed by atoms with Crippen molar-refractivity contribution in [3.8, 4) is 0 Å². The number of hydrogen-bond acceptors (Lipinski definition) is 5. The zero-order valence-corrected chi connectivity index (χ0v) is 11.8. The summed E-state index contributed by atoms with van der Waals surface area (Å²) in [6.45, 7) is 1.43. The number of benzene rings is 1. The van der Waals surface area contributed by atoms with Gasteiger partial charge in [-0.2, -0.15) is 0 Å². The van der Waals surface area contributed by atoms with E-state index in [1.54, 1.807) is 0 Å². The van der Waals surface area contributed by atoms with E-state index >= 15 is 0 Å². The highest BCUT2D eigenvalue weighted by atomic mass is 16.5. The van der Waals surface area contributed by atoms with Crippen LogP contribution >= 0.6 is 0 Å². The van der Waals surface area contributed by atoms with Crippen molar-refractivity contribution in [3.63, 3.8) is 0 Å². The van der Waals surface area contributed by atoms with Crippen molar-refractivity contribution in [2.45, 2.75) is 12.5 Å². The van der Waals surface area contributed by atoms with Crippen molar-refractivity contribution in [2.75, 3.05) is 24.7 Å². The summed E-state index contributed by atoms with van der Waals surface area (Å²) in [5.74, 6) is -1.09. The first kappa shape index (κ1) is 13.3. The SMILES string of the molecule is O=C1NC(=O)C2(Cc3ccccc3N3CCOC[C@@H]32)C(=O)N1. The largest absolute Gasteiger partial charge is 0.377 e. The molecular weight excluding hydrogens is 286 g/mol. The summed E-state index contributed by atoms with van der Waals surface area (Å²) in [5, 5.41) is 4.48. The van der Waals surface area contributed by atoms with Gasteiger partial charge in [0.25, 0.3) is 0 Å². The second-order valence-electron chi connectivity index (χ2n) is 5.80. The summed E-state index contributed by atoms with van der Waals surface area (Å²) in [7, 11) is 0. The van der Waals surface area contributed by atoms with Crippen molar-refractivity contribution in [1.29, 1.82) is 0 Å². The fourth-order valence-electron chi connectivity index (χ4n) is 3.69. The molecule has 0 aromatic heterocycles. The average Bonchev–Trinajstić information content (AvgIpc) is 2.52. The van der Waals surface area contributed by atoms with E-state index in [-0.39, 0.29) is 13.0 Å². The van der Waals surface area contributed by atoms with Gasteiger partial charge < -0.3 is 9.64 Å². The van der Waals surface area contributed by atoms with Crippen molar-refractivity contribution < 1.29 is 19.1 Å². The van der Waals surface area contributed by atoms with Gasteiger partial charge in [-0.1, -0.05) is 18.2 Å². The maximum absolute atomic E-state index is 12.6. The number of fused-ring (bicyclic) bond motifs is 4. The van der Waals surface area contributed by atoms with Gasteiger partial charge in [0, 0.05) is 12.2 Å². The molecule has 2 fully saturated rings. The van der Waals surface area contributed by atoms with Crippen molar-refractivity contribution in [2.24, 2.45) is 5.41 Å². The van der Waals surface area contributed by atoms with Crippen LogP contribution in [0.25, 0.3) is 0 Å². The minimum absolute atomic E-state index is 0.263. The normalized spacial score (nSPS) is 26.1. The zero-order valence-electron chi connectivity index (χ0n) is 11.8. The lowest BCUT2D eigenvalue weighted by atomic mass is 9.69. The molecule has 4 amide bonds. The molecular formula is C15H15N3O4. The third kappa shape index (κ3) is 1.62. The first-order chi connectivity index (χ1) is 10.6. The molecule has 2 N–H and O–H groups in total. The molecule has 1 aromatic carbocycles. The molecule has 0 bridgehead atoms. The molecule has 4 rings (SSSR count). The molecule has 7 nitrogen and oxygen atoms in total. The number of para-hydroxylation sites is 1. The minimum Gasteiger partial charge on any atom is -0.377 e. The Hall–Kier alpha value is -2.41. The number of rotatable bonds is 0. The fourth-order valence-corrected chi connectivity index (χ4v) is 3.69. The van der Waals surface area contributed by atoms with E-state index in [0.717, 1.165) is 11.3 Å². The van der Waals surface area contributed by atoms with E-state index in [9.17, 15) is 14.4 Å². The van der Waals surface area contributed by atoms with E-state index in [1.807, 2.05) is 24.3 Å². The smallest absolute Gasteiger partial charge is 0.328 e. The molecule has 3 heterocycles. The second-order valence-corrected chi connectivity index (χ2v) is 5.80. The zero-order chi connectivity index (χ0) is 15.3. The molecule has 114 valence electrons. The summed E-state index contributed by atoms with van der Waals surface area (Å²) in [6.07, 6.45) is 0.263. The second kappa shape index (κ2) is 4.54. The predicted molar refractivity (Wildman–Crippen MR) is 76.2 cm³/mol. The van der Waals surface area contributed by atoms with Crippen molar-refractivity contribution >= 4 is 23.5 Å². The molecule has 7 heteroatoms. The Morgan fingerprint density at radius 2 is 1.86 bits per heavy atom. The van der Waals surface area contributed by atoms with Gasteiger partial charge in [-0.05, 0) is 18.1 Å². The lowest BCUT2D eigenvalue weighted by Crippen LogP contribution is -2.73. The Labute approximate surface area is 126 Å². The van der Waals surface area contributed by atoms with Crippen LogP contribution in [-0.2, 0) is 20.7 Å². The molecule has 2 saturated heterocycles. The molecule has 0 unspecified atom stereocenters. The maximum Gasteiger partial charge on any atom is 0.328 e. The van der Waals surface area contributed by atoms with Crippen LogP contribution in [0.15, 0.2) is 24.3 Å². The van der Waals surface area contributed by atoms with E-state index < -0.39 is 29.3 Å². The van der Waals surface area contributed by atoms with Crippen LogP contribution in [0.4, 0.5) is 10.5 Å². The van der Waals surface area contributed by atoms with Gasteiger partial charge in [0.05, 0.1) is 19.3 Å². The van der Waals surface area contributed by atoms with Gasteiger partial charge in [-0.25, -0.2) is 4.79 Å². The molecule has 1 aromatic rings. The van der Waals surface area contributed by atoms with Gasteiger partial charge >= 0.3 is 6.03 Å². The molecule has 1 atom stereocenters. The Morgan fingerprint density at radius 1 is 1.14 bits per heavy atom. The van der Waals surface area contributed by atoms with Crippen LogP contribution in [0.5, 0.6) is 0 Å². The summed E-state index contributed by atoms with van der Waals surface area (Å²) in [5.41, 5.74) is 0.627. The first-order valence-electron chi connectivity index (χ1n) is 7.22. The van der Waals surface area contributed by atoms with Crippen LogP contribution < -0.4 is 15.5 Å². The number of imide groups is 2. The third-order valence-corrected chi connectivity index (χ3v) is 4.73. The molecule has 0 radical (unpaired) electrons. The first-order valence-corrected chi connectivity index (χ1v) is 7.22. The van der Waals surface area contributed by atoms with Crippen LogP contribution in [-0.4, -0.2) is 43.6 Å². The average molecular weight is 301 g/mol. The number of amides is 4. The number of carbonyl (C=O) groups is 3. The highest BCUT2D eigenvalue weighted by molar-refractivity contribution is 6.20. The number of carbonyl (C=O) groups excluding carboxylic acids is 3. The van der Waals surface area contributed by atoms with Crippen LogP contribution in [0.3, 0.4) is 0 Å². The fraction of sp³-hybridized carbons (Fsp3) is 0.400. The van der Waals surface area contributed by atoms with E-state index in [2.05, 4.69) is 15.5 Å². The number of morpholine rings is 1. The molecule has 22 heavy (non-hydrogen) atoms. The van der Waals surface area contributed by atoms with Gasteiger partial charge in [-0.15, -0.1) is 0 Å². The number of ether oxygens (including phenoxy) is 1. The predicted octanol–water partition coefficient (Wildman–Crippen LogP) is -0.200. The maximum atomic E-state index is 12.6. The van der Waals surface area contributed by atoms with Crippen LogP contribution in [0.1, 0.15) is 5.56 Å². The molecule has 1 spiro atoms. The van der Waals surface area contributed by atoms with Gasteiger partial charge in [-0.3, -0.25) is 20.2 Å². The minimum atomic E-state index is -1.33. The molecule has 3 aliphatic heterocycles. The molecule has 0 aliphatic carbocycles. The summed E-state index contributed by atoms with van der Waals surface area (Å²) >= 11 is 0. The number of nitrogens with zero attached hydrogens (tertiary/aromatic N) is 1. The van der Waals surface area contributed by atoms with Gasteiger partial charge in [0.15, 0.2) is 5.41 Å². The number of barbiturate groups is 1. The number of nitrogens with one attached hydrogen (secondary N) is 2. The van der Waals surface area contributed by atoms with Gasteiger partial charge in [0.2, 0.25) is 11.8 Å². The summed E-state index contributed by atoms with van der Waals surface area (Å²) in [6, 6.07) is 6.56. The number of urea groups is 1. The van der Waals surface area contributed by atoms with E-state index in [4.69, 9.17) is 4.74 Å². The quantitative estimate of drug-likeness (QED) is 0.648. The van der Waals surface area contributed by atoms with E-state index in [1.165, 1.54) is 0 Å². The van der Waals surface area contributed by atoms with Gasteiger partial charge in [0.1, 0.15) is 0 Å². The lowest BCUT2D eigenvalue weighted by molar-refractivity contribution is -0.148. The lowest BCUT2D eigenvalue weighted by Gasteiger charge is -2.51. The summed E-state index contributed by atoms with van der Waals surface area (Å²) < 4.78 is 5.52. The van der Waals surface area contributed by atoms with Crippen LogP contribution in [0, 0.1) is 5.41 Å². The Balaban J connectivity index is 1.88. The van der Waals surface area contributed by atoms with Crippen LogP contribution in [0.2, 0.25) is 0 Å².